The van der Waals surface area contributed by atoms with E-state index in [1.54, 1.807) is 0 Å². The predicted molar refractivity (Wildman–Crippen MR) is 127 cm³/mol. The van der Waals surface area contributed by atoms with Crippen LogP contribution in [0.1, 0.15) is 78.6 Å². The number of ketones is 1. The number of Topliss-reactive ketones (excluding diaryl/α,β-unsaturated/α-hetero) is 1. The van der Waals surface area contributed by atoms with E-state index in [1.807, 2.05) is 0 Å². The van der Waals surface area contributed by atoms with Crippen LogP contribution in [0.15, 0.2) is 0 Å². The summed E-state index contributed by atoms with van der Waals surface area (Å²) in [7, 11) is 0. The number of piperidine rings is 2. The highest BCUT2D eigenvalue weighted by Crippen LogP contribution is 2.66. The van der Waals surface area contributed by atoms with Gasteiger partial charge in [0.25, 0.3) is 0 Å². The van der Waals surface area contributed by atoms with E-state index in [4.69, 9.17) is 0 Å². The molecule has 4 saturated carbocycles. The molecule has 174 valence electrons. The second kappa shape index (κ2) is 7.28. The van der Waals surface area contributed by atoms with Crippen LogP contribution >= 0.6 is 15.9 Å². The number of halogens is 1. The van der Waals surface area contributed by atoms with Gasteiger partial charge in [-0.3, -0.25) is 9.69 Å². The number of nitrogens with zero attached hydrogens (tertiary/aromatic N) is 1. The Kier molecular flexibility index (Phi) is 5.07. The number of alkyl halides is 1. The molecule has 0 amide bonds. The molecule has 0 aromatic heterocycles. The molecule has 3 nitrogen and oxygen atoms in total. The second-order valence-corrected chi connectivity index (χ2v) is 14.5. The highest BCUT2D eigenvalue weighted by Gasteiger charge is 2.64. The van der Waals surface area contributed by atoms with E-state index in [0.717, 1.165) is 36.5 Å². The number of carbonyl (C=O) groups excluding carboxylic acids is 1. The van der Waals surface area contributed by atoms with Crippen molar-refractivity contribution in [3.05, 3.63) is 0 Å². The summed E-state index contributed by atoms with van der Waals surface area (Å²) in [4.78, 5) is 16.6. The lowest BCUT2D eigenvalue weighted by atomic mass is 9.52. The molecular formula is C27H42BrNO2. The minimum absolute atomic E-state index is 0.219. The minimum atomic E-state index is -0.544. The van der Waals surface area contributed by atoms with Crippen molar-refractivity contribution in [2.24, 2.45) is 52.8 Å². The van der Waals surface area contributed by atoms with Gasteiger partial charge in [0.1, 0.15) is 5.78 Å². The molecule has 2 heterocycles. The first-order valence-electron chi connectivity index (χ1n) is 13.3. The number of carbonyl (C=O) groups is 1. The quantitative estimate of drug-likeness (QED) is 0.468. The van der Waals surface area contributed by atoms with Crippen LogP contribution in [0.25, 0.3) is 0 Å². The molecule has 0 bridgehead atoms. The normalized spacial score (nSPS) is 59.2. The Bertz CT molecular complexity index is 754. The number of rotatable bonds is 0. The fraction of sp³-hybridized carbons (Fsp3) is 0.963. The first kappa shape index (κ1) is 21.6. The van der Waals surface area contributed by atoms with Crippen molar-refractivity contribution in [2.75, 3.05) is 13.1 Å². The van der Waals surface area contributed by atoms with Crippen molar-refractivity contribution in [2.45, 2.75) is 95.0 Å². The van der Waals surface area contributed by atoms with Gasteiger partial charge in [0.15, 0.2) is 0 Å². The summed E-state index contributed by atoms with van der Waals surface area (Å²) in [5, 5.41) is 11.8. The maximum atomic E-state index is 13.3. The van der Waals surface area contributed by atoms with E-state index in [9.17, 15) is 9.90 Å². The highest BCUT2D eigenvalue weighted by atomic mass is 79.9. The van der Waals surface area contributed by atoms with Crippen LogP contribution in [0, 0.1) is 52.8 Å². The average Bonchev–Trinajstić information content (AvgIpc) is 3.09. The van der Waals surface area contributed by atoms with Gasteiger partial charge in [0, 0.05) is 36.3 Å². The van der Waals surface area contributed by atoms with Gasteiger partial charge in [0.2, 0.25) is 0 Å². The second-order valence-electron chi connectivity index (χ2n) is 13.2. The van der Waals surface area contributed by atoms with E-state index in [-0.39, 0.29) is 11.3 Å². The van der Waals surface area contributed by atoms with Crippen molar-refractivity contribution in [1.82, 2.24) is 4.90 Å². The molecule has 4 heteroatoms. The molecule has 31 heavy (non-hydrogen) atoms. The van der Waals surface area contributed by atoms with E-state index in [1.165, 1.54) is 58.0 Å². The van der Waals surface area contributed by atoms with Crippen LogP contribution in [-0.4, -0.2) is 45.3 Å². The van der Waals surface area contributed by atoms with Gasteiger partial charge in [-0.2, -0.15) is 0 Å². The van der Waals surface area contributed by atoms with E-state index in [0.29, 0.717) is 34.4 Å². The molecule has 6 fully saturated rings. The standard InChI is InChI=1S/C27H42BrNO2/c1-15-4-7-25-27(3,31)21-6-5-17-18(20(21)14-29(25)13-15)11-22-19(17)12-24(30)23-10-16(28)8-9-26(22,23)2/h15-23,25,31H,4-14H2,1-3H3. The van der Waals surface area contributed by atoms with Crippen LogP contribution in [0.4, 0.5) is 0 Å². The molecule has 1 N–H and O–H groups in total. The third-order valence-electron chi connectivity index (χ3n) is 11.8. The van der Waals surface area contributed by atoms with E-state index >= 15 is 0 Å². The van der Waals surface area contributed by atoms with Gasteiger partial charge in [0.05, 0.1) is 5.60 Å². The SMILES string of the molecule is CC1CCC2N(C1)CC1C3CC4C(CC(=O)C5CC(Br)CCC54C)C3CCC1C2(C)O. The first-order valence-corrected chi connectivity index (χ1v) is 14.2. The highest BCUT2D eigenvalue weighted by molar-refractivity contribution is 9.09. The van der Waals surface area contributed by atoms with Gasteiger partial charge in [-0.15, -0.1) is 0 Å². The van der Waals surface area contributed by atoms with Crippen molar-refractivity contribution in [3.8, 4) is 0 Å². The summed E-state index contributed by atoms with van der Waals surface area (Å²) in [5.74, 6) is 5.51. The fourth-order valence-electron chi connectivity index (χ4n) is 10.3. The third kappa shape index (κ3) is 3.05. The average molecular weight is 493 g/mol. The molecular weight excluding hydrogens is 450 g/mol. The maximum Gasteiger partial charge on any atom is 0.136 e. The Morgan fingerprint density at radius 3 is 2.55 bits per heavy atom. The van der Waals surface area contributed by atoms with Gasteiger partial charge in [-0.1, -0.05) is 29.8 Å². The number of fused-ring (bicyclic) bond motifs is 8. The topological polar surface area (TPSA) is 40.5 Å². The van der Waals surface area contributed by atoms with E-state index < -0.39 is 5.60 Å². The van der Waals surface area contributed by atoms with Crippen LogP contribution in [0.2, 0.25) is 0 Å². The first-order chi connectivity index (χ1) is 14.7. The Hall–Kier alpha value is 0.0700. The lowest BCUT2D eigenvalue weighted by Crippen LogP contribution is -2.67. The van der Waals surface area contributed by atoms with E-state index in [2.05, 4.69) is 41.6 Å². The van der Waals surface area contributed by atoms with Crippen LogP contribution in [0.3, 0.4) is 0 Å². The summed E-state index contributed by atoms with van der Waals surface area (Å²) in [6, 6.07) is 0.364. The molecule has 0 radical (unpaired) electrons. The molecule has 0 aromatic rings. The van der Waals surface area contributed by atoms with Gasteiger partial charge >= 0.3 is 0 Å². The maximum absolute atomic E-state index is 13.3. The lowest BCUT2D eigenvalue weighted by Gasteiger charge is -2.59. The minimum Gasteiger partial charge on any atom is -0.388 e. The van der Waals surface area contributed by atoms with Gasteiger partial charge in [-0.25, -0.2) is 0 Å². The summed E-state index contributed by atoms with van der Waals surface area (Å²) >= 11 is 3.85. The summed E-state index contributed by atoms with van der Waals surface area (Å²) < 4.78 is 0. The predicted octanol–water partition coefficient (Wildman–Crippen LogP) is 5.29. The molecule has 0 aromatic carbocycles. The number of hydrogen-bond acceptors (Lipinski definition) is 3. The lowest BCUT2D eigenvalue weighted by molar-refractivity contribution is -0.175. The Morgan fingerprint density at radius 2 is 1.74 bits per heavy atom. The summed E-state index contributed by atoms with van der Waals surface area (Å²) in [6.07, 6.45) is 10.5. The monoisotopic (exact) mass is 491 g/mol. The summed E-state index contributed by atoms with van der Waals surface area (Å²) in [6.45, 7) is 9.42. The Morgan fingerprint density at radius 1 is 0.935 bits per heavy atom. The number of hydrogen-bond donors (Lipinski definition) is 1. The van der Waals surface area contributed by atoms with Crippen molar-refractivity contribution >= 4 is 21.7 Å². The van der Waals surface area contributed by atoms with Gasteiger partial charge < -0.3 is 5.11 Å². The molecule has 6 aliphatic rings. The fourth-order valence-corrected chi connectivity index (χ4v) is 10.9. The Labute approximate surface area is 197 Å². The molecule has 2 aliphatic heterocycles. The largest absolute Gasteiger partial charge is 0.388 e. The van der Waals surface area contributed by atoms with Crippen molar-refractivity contribution in [1.29, 1.82) is 0 Å². The van der Waals surface area contributed by atoms with Crippen LogP contribution in [0.5, 0.6) is 0 Å². The zero-order valence-electron chi connectivity index (χ0n) is 19.7. The molecule has 12 unspecified atom stereocenters. The molecule has 4 aliphatic carbocycles. The zero-order chi connectivity index (χ0) is 21.7. The summed E-state index contributed by atoms with van der Waals surface area (Å²) in [5.41, 5.74) is -0.325. The van der Waals surface area contributed by atoms with Crippen molar-refractivity contribution < 1.29 is 9.90 Å². The van der Waals surface area contributed by atoms with Crippen LogP contribution in [-0.2, 0) is 4.79 Å². The third-order valence-corrected chi connectivity index (χ3v) is 12.6. The molecule has 6 rings (SSSR count). The molecule has 12 atom stereocenters. The zero-order valence-corrected chi connectivity index (χ0v) is 21.3. The molecule has 2 saturated heterocycles. The van der Waals surface area contributed by atoms with Gasteiger partial charge in [-0.05, 0) is 105 Å². The van der Waals surface area contributed by atoms with Crippen LogP contribution < -0.4 is 0 Å². The number of aliphatic hydroxyl groups is 1. The smallest absolute Gasteiger partial charge is 0.136 e. The van der Waals surface area contributed by atoms with Crippen molar-refractivity contribution in [3.63, 3.8) is 0 Å². The Balaban J connectivity index is 1.31. The molecule has 0 spiro atoms.